The second-order valence-electron chi connectivity index (χ2n) is 3.46. The van der Waals surface area contributed by atoms with Crippen molar-refractivity contribution in [3.8, 4) is 0 Å². The molecule has 1 aliphatic heterocycles. The third kappa shape index (κ3) is 2.24. The lowest BCUT2D eigenvalue weighted by Crippen LogP contribution is -2.24. The topological polar surface area (TPSA) is 20.3 Å². The second kappa shape index (κ2) is 4.11. The highest BCUT2D eigenvalue weighted by atomic mass is 31.0. The van der Waals surface area contributed by atoms with Gasteiger partial charge in [0, 0.05) is 12.6 Å². The van der Waals surface area contributed by atoms with Crippen molar-refractivity contribution in [2.75, 3.05) is 6.54 Å². The monoisotopic (exact) mass is 223 g/mol. The molecule has 0 fully saturated rings. The molecule has 2 rings (SSSR count). The summed E-state index contributed by atoms with van der Waals surface area (Å²) in [5.74, 6) is -0.278. The van der Waals surface area contributed by atoms with E-state index in [0.29, 0.717) is 6.54 Å². The van der Waals surface area contributed by atoms with Crippen molar-refractivity contribution in [1.29, 1.82) is 0 Å². The number of nitrogens with zero attached hydrogens (tertiary/aromatic N) is 1. The van der Waals surface area contributed by atoms with Crippen LogP contribution in [0.25, 0.3) is 5.57 Å². The van der Waals surface area contributed by atoms with E-state index in [9.17, 15) is 9.18 Å². The maximum absolute atomic E-state index is 12.7. The summed E-state index contributed by atoms with van der Waals surface area (Å²) in [5, 5.41) is 0. The minimum atomic E-state index is -0.255. The van der Waals surface area contributed by atoms with E-state index < -0.39 is 0 Å². The Morgan fingerprint density at radius 1 is 1.27 bits per heavy atom. The van der Waals surface area contributed by atoms with Crippen molar-refractivity contribution >= 4 is 20.9 Å². The molecule has 0 spiro atoms. The summed E-state index contributed by atoms with van der Waals surface area (Å²) >= 11 is 0. The van der Waals surface area contributed by atoms with Crippen LogP contribution in [-0.2, 0) is 4.79 Å². The average molecular weight is 223 g/mol. The molecule has 0 N–H and O–H groups in total. The molecule has 1 aliphatic rings. The third-order valence-corrected chi connectivity index (χ3v) is 2.93. The smallest absolute Gasteiger partial charge is 0.249 e. The van der Waals surface area contributed by atoms with Crippen LogP contribution in [0, 0.1) is 5.82 Å². The number of rotatable bonds is 1. The van der Waals surface area contributed by atoms with Gasteiger partial charge in [-0.2, -0.15) is 0 Å². The van der Waals surface area contributed by atoms with Crippen molar-refractivity contribution in [3.63, 3.8) is 0 Å². The van der Waals surface area contributed by atoms with Gasteiger partial charge in [0.15, 0.2) is 0 Å². The van der Waals surface area contributed by atoms with Gasteiger partial charge in [-0.25, -0.2) is 4.39 Å². The second-order valence-corrected chi connectivity index (χ2v) is 4.08. The van der Waals surface area contributed by atoms with E-state index in [4.69, 9.17) is 0 Å². The number of hydrogen-bond donors (Lipinski definition) is 0. The molecule has 0 saturated carbocycles. The molecule has 1 unspecified atom stereocenters. The molecule has 0 radical (unpaired) electrons. The maximum atomic E-state index is 12.7. The molecule has 0 bridgehead atoms. The Bertz CT molecular complexity index is 413. The van der Waals surface area contributed by atoms with Gasteiger partial charge in [-0.1, -0.05) is 12.1 Å². The zero-order valence-electron chi connectivity index (χ0n) is 8.11. The van der Waals surface area contributed by atoms with Crippen molar-refractivity contribution < 1.29 is 9.18 Å². The number of hydrogen-bond acceptors (Lipinski definition) is 1. The van der Waals surface area contributed by atoms with Crippen molar-refractivity contribution in [2.45, 2.75) is 6.42 Å². The Morgan fingerprint density at radius 3 is 2.53 bits per heavy atom. The summed E-state index contributed by atoms with van der Waals surface area (Å²) in [7, 11) is 2.39. The zero-order chi connectivity index (χ0) is 10.8. The fraction of sp³-hybridized carbons (Fsp3) is 0.182. The lowest BCUT2D eigenvalue weighted by molar-refractivity contribution is -0.121. The average Bonchev–Trinajstić information content (AvgIpc) is 2.23. The minimum Gasteiger partial charge on any atom is -0.323 e. The Labute approximate surface area is 90.0 Å². The SMILES string of the molecule is O=C1C=C(c2ccc(F)cc2)CCN1P. The lowest BCUT2D eigenvalue weighted by Gasteiger charge is -2.21. The normalized spacial score (nSPS) is 16.5. The molecule has 1 amide bonds. The molecule has 1 aromatic carbocycles. The zero-order valence-corrected chi connectivity index (χ0v) is 9.27. The van der Waals surface area contributed by atoms with Crippen LogP contribution in [0.2, 0.25) is 0 Å². The Balaban J connectivity index is 2.28. The van der Waals surface area contributed by atoms with Gasteiger partial charge in [0.05, 0.1) is 0 Å². The number of benzene rings is 1. The number of carbonyl (C=O) groups is 1. The molecule has 1 aromatic rings. The van der Waals surface area contributed by atoms with Gasteiger partial charge in [0.2, 0.25) is 5.91 Å². The highest BCUT2D eigenvalue weighted by molar-refractivity contribution is 7.14. The molecule has 0 aliphatic carbocycles. The van der Waals surface area contributed by atoms with Crippen LogP contribution < -0.4 is 0 Å². The fourth-order valence-electron chi connectivity index (χ4n) is 1.55. The molecule has 2 nitrogen and oxygen atoms in total. The first-order valence-corrected chi connectivity index (χ1v) is 5.21. The predicted octanol–water partition coefficient (Wildman–Crippen LogP) is 2.23. The first kappa shape index (κ1) is 10.3. The first-order valence-electron chi connectivity index (χ1n) is 4.69. The largest absolute Gasteiger partial charge is 0.323 e. The van der Waals surface area contributed by atoms with E-state index in [1.807, 2.05) is 0 Å². The summed E-state index contributed by atoms with van der Waals surface area (Å²) in [6.07, 6.45) is 2.41. The van der Waals surface area contributed by atoms with Crippen LogP contribution in [0.5, 0.6) is 0 Å². The minimum absolute atomic E-state index is 0.0226. The number of halogens is 1. The van der Waals surface area contributed by atoms with Crippen LogP contribution >= 0.6 is 9.39 Å². The summed E-state index contributed by atoms with van der Waals surface area (Å²) in [6.45, 7) is 0.687. The Morgan fingerprint density at radius 2 is 1.93 bits per heavy atom. The van der Waals surface area contributed by atoms with Gasteiger partial charge in [-0.05, 0) is 39.1 Å². The molecular formula is C11H11FNOP. The maximum Gasteiger partial charge on any atom is 0.249 e. The highest BCUT2D eigenvalue weighted by Crippen LogP contribution is 2.24. The van der Waals surface area contributed by atoms with Crippen LogP contribution in [0.1, 0.15) is 12.0 Å². The third-order valence-electron chi connectivity index (χ3n) is 2.42. The molecule has 0 saturated heterocycles. The van der Waals surface area contributed by atoms with Gasteiger partial charge >= 0.3 is 0 Å². The predicted molar refractivity (Wildman–Crippen MR) is 60.4 cm³/mol. The molecular weight excluding hydrogens is 212 g/mol. The van der Waals surface area contributed by atoms with E-state index in [-0.39, 0.29) is 11.7 Å². The van der Waals surface area contributed by atoms with Gasteiger partial charge < -0.3 is 4.67 Å². The van der Waals surface area contributed by atoms with E-state index in [0.717, 1.165) is 17.6 Å². The van der Waals surface area contributed by atoms with E-state index in [1.165, 1.54) is 12.1 Å². The van der Waals surface area contributed by atoms with Crippen LogP contribution in [0.4, 0.5) is 4.39 Å². The Kier molecular flexibility index (Phi) is 2.83. The summed E-state index contributed by atoms with van der Waals surface area (Å²) in [4.78, 5) is 11.4. The quantitative estimate of drug-likeness (QED) is 0.668. The van der Waals surface area contributed by atoms with Crippen molar-refractivity contribution in [3.05, 3.63) is 41.7 Å². The van der Waals surface area contributed by atoms with Crippen LogP contribution in [-0.4, -0.2) is 17.1 Å². The molecule has 1 heterocycles. The molecule has 15 heavy (non-hydrogen) atoms. The van der Waals surface area contributed by atoms with E-state index in [1.54, 1.807) is 22.9 Å². The summed E-state index contributed by atoms with van der Waals surface area (Å²) in [6, 6.07) is 6.22. The van der Waals surface area contributed by atoms with Gasteiger partial charge in [0.25, 0.3) is 0 Å². The van der Waals surface area contributed by atoms with E-state index in [2.05, 4.69) is 9.39 Å². The molecule has 78 valence electrons. The van der Waals surface area contributed by atoms with Crippen molar-refractivity contribution in [1.82, 2.24) is 4.67 Å². The first-order chi connectivity index (χ1) is 7.16. The lowest BCUT2D eigenvalue weighted by atomic mass is 10.0. The highest BCUT2D eigenvalue weighted by Gasteiger charge is 2.15. The van der Waals surface area contributed by atoms with Crippen molar-refractivity contribution in [2.24, 2.45) is 0 Å². The summed E-state index contributed by atoms with van der Waals surface area (Å²) in [5.41, 5.74) is 1.89. The standard InChI is InChI=1S/C11H11FNOP/c12-10-3-1-8(2-4-10)9-5-6-13(15)11(14)7-9/h1-4,7H,5-6,15H2. The summed E-state index contributed by atoms with van der Waals surface area (Å²) < 4.78 is 14.3. The molecule has 4 heteroatoms. The van der Waals surface area contributed by atoms with Gasteiger partial charge in [0.1, 0.15) is 5.82 Å². The van der Waals surface area contributed by atoms with E-state index >= 15 is 0 Å². The van der Waals surface area contributed by atoms with Gasteiger partial charge in [-0.15, -0.1) is 0 Å². The van der Waals surface area contributed by atoms with Crippen LogP contribution in [0.3, 0.4) is 0 Å². The molecule has 0 aromatic heterocycles. The fourth-order valence-corrected chi connectivity index (χ4v) is 1.75. The Hall–Kier alpha value is -1.21. The molecule has 1 atom stereocenters. The van der Waals surface area contributed by atoms with Gasteiger partial charge in [-0.3, -0.25) is 4.79 Å². The van der Waals surface area contributed by atoms with Crippen LogP contribution in [0.15, 0.2) is 30.3 Å². The number of carbonyl (C=O) groups excluding carboxylic acids is 1. The number of amides is 1.